The Morgan fingerprint density at radius 2 is 1.87 bits per heavy atom. The molecule has 0 radical (unpaired) electrons. The molecule has 6 nitrogen and oxygen atoms in total. The highest BCUT2D eigenvalue weighted by molar-refractivity contribution is 14.1. The molecular formula is C16H21IN2O4. The first kappa shape index (κ1) is 19.3. The summed E-state index contributed by atoms with van der Waals surface area (Å²) in [6.45, 7) is 2.38. The van der Waals surface area contributed by atoms with Crippen molar-refractivity contribution in [3.8, 4) is 5.75 Å². The first-order valence-corrected chi connectivity index (χ1v) is 8.12. The van der Waals surface area contributed by atoms with Crippen LogP contribution in [0.4, 0.5) is 4.79 Å². The number of ether oxygens (including phenoxy) is 1. The third-order valence-electron chi connectivity index (χ3n) is 2.97. The zero-order valence-corrected chi connectivity index (χ0v) is 15.6. The molecule has 0 aliphatic rings. The number of hydrogen-bond donors (Lipinski definition) is 1. The topological polar surface area (TPSA) is 70.1 Å². The molecule has 0 heterocycles. The van der Waals surface area contributed by atoms with Gasteiger partial charge in [0.2, 0.25) is 5.91 Å². The van der Waals surface area contributed by atoms with E-state index in [0.29, 0.717) is 11.3 Å². The van der Waals surface area contributed by atoms with Gasteiger partial charge in [0.25, 0.3) is 0 Å². The number of halogens is 1. The number of benzene rings is 1. The summed E-state index contributed by atoms with van der Waals surface area (Å²) < 4.78 is 6.64. The summed E-state index contributed by atoms with van der Waals surface area (Å²) in [4.78, 5) is 25.5. The Morgan fingerprint density at radius 1 is 1.26 bits per heavy atom. The molecule has 0 aliphatic heterocycles. The Bertz CT molecular complexity index is 570. The van der Waals surface area contributed by atoms with Crippen LogP contribution in [0.1, 0.15) is 6.92 Å². The summed E-state index contributed by atoms with van der Waals surface area (Å²) in [5.41, 5.74) is 0.681. The lowest BCUT2D eigenvalue weighted by molar-refractivity contribution is -0.123. The number of carbonyl (C=O) groups is 2. The van der Waals surface area contributed by atoms with E-state index in [2.05, 4.69) is 22.6 Å². The summed E-state index contributed by atoms with van der Waals surface area (Å²) in [7, 11) is 3.30. The van der Waals surface area contributed by atoms with Gasteiger partial charge in [-0.1, -0.05) is 0 Å². The predicted molar refractivity (Wildman–Crippen MR) is 96.7 cm³/mol. The van der Waals surface area contributed by atoms with Crippen LogP contribution < -0.4 is 4.74 Å². The number of carboxylic acid groups (broad SMARTS) is 1. The maximum Gasteiger partial charge on any atom is 0.407 e. The van der Waals surface area contributed by atoms with Crippen molar-refractivity contribution in [2.45, 2.75) is 6.92 Å². The van der Waals surface area contributed by atoms with Gasteiger partial charge in [-0.15, -0.1) is 0 Å². The van der Waals surface area contributed by atoms with Gasteiger partial charge in [0, 0.05) is 30.3 Å². The van der Waals surface area contributed by atoms with Gasteiger partial charge < -0.3 is 19.6 Å². The average molecular weight is 432 g/mol. The van der Waals surface area contributed by atoms with Crippen LogP contribution in [0.15, 0.2) is 35.9 Å². The van der Waals surface area contributed by atoms with Crippen molar-refractivity contribution in [2.75, 3.05) is 33.8 Å². The number of likely N-dealkylation sites (N-methyl/N-ethyl adjacent to an activating group) is 1. The van der Waals surface area contributed by atoms with E-state index in [1.807, 2.05) is 24.3 Å². The van der Waals surface area contributed by atoms with Gasteiger partial charge in [-0.2, -0.15) is 0 Å². The van der Waals surface area contributed by atoms with Crippen LogP contribution in [0, 0.1) is 3.57 Å². The second-order valence-corrected chi connectivity index (χ2v) is 6.48. The van der Waals surface area contributed by atoms with Crippen molar-refractivity contribution in [3.05, 3.63) is 39.5 Å². The van der Waals surface area contributed by atoms with Gasteiger partial charge in [-0.05, 0) is 59.4 Å². The molecule has 0 spiro atoms. The van der Waals surface area contributed by atoms with Crippen molar-refractivity contribution in [1.82, 2.24) is 9.80 Å². The third kappa shape index (κ3) is 7.36. The van der Waals surface area contributed by atoms with E-state index in [9.17, 15) is 14.7 Å². The molecule has 1 aromatic carbocycles. The highest BCUT2D eigenvalue weighted by Gasteiger charge is 2.13. The number of carbonyl (C=O) groups excluding carboxylic acids is 1. The summed E-state index contributed by atoms with van der Waals surface area (Å²) in [5, 5.41) is 9.25. The van der Waals surface area contributed by atoms with Crippen molar-refractivity contribution in [3.63, 3.8) is 0 Å². The van der Waals surface area contributed by atoms with E-state index >= 15 is 0 Å². The second-order valence-electron chi connectivity index (χ2n) is 5.23. The monoisotopic (exact) mass is 432 g/mol. The predicted octanol–water partition coefficient (Wildman–Crippen LogP) is 2.68. The molecule has 0 aliphatic carbocycles. The third-order valence-corrected chi connectivity index (χ3v) is 3.68. The second kappa shape index (κ2) is 9.39. The molecule has 126 valence electrons. The highest BCUT2D eigenvalue weighted by atomic mass is 127. The Morgan fingerprint density at radius 3 is 2.39 bits per heavy atom. The molecule has 0 fully saturated rings. The average Bonchev–Trinajstić information content (AvgIpc) is 2.47. The number of hydrogen-bond acceptors (Lipinski definition) is 3. The van der Waals surface area contributed by atoms with E-state index < -0.39 is 6.09 Å². The minimum absolute atomic E-state index is 0.164. The van der Waals surface area contributed by atoms with Crippen molar-refractivity contribution >= 4 is 34.6 Å². The fourth-order valence-electron chi connectivity index (χ4n) is 1.73. The molecule has 23 heavy (non-hydrogen) atoms. The van der Waals surface area contributed by atoms with Gasteiger partial charge in [-0.3, -0.25) is 4.79 Å². The van der Waals surface area contributed by atoms with Gasteiger partial charge >= 0.3 is 6.09 Å². The van der Waals surface area contributed by atoms with E-state index in [0.717, 1.165) is 3.57 Å². The van der Waals surface area contributed by atoms with Crippen molar-refractivity contribution < 1.29 is 19.4 Å². The first-order valence-electron chi connectivity index (χ1n) is 7.04. The van der Waals surface area contributed by atoms with Crippen molar-refractivity contribution in [2.24, 2.45) is 0 Å². The van der Waals surface area contributed by atoms with E-state index in [4.69, 9.17) is 4.74 Å². The molecule has 0 bridgehead atoms. The quantitative estimate of drug-likeness (QED) is 0.532. The van der Waals surface area contributed by atoms with Crippen LogP contribution in [0.3, 0.4) is 0 Å². The van der Waals surface area contributed by atoms with Crippen molar-refractivity contribution in [1.29, 1.82) is 0 Å². The minimum atomic E-state index is -1.04. The maximum atomic E-state index is 11.6. The zero-order valence-electron chi connectivity index (χ0n) is 13.5. The Hall–Kier alpha value is -1.77. The Balaban J connectivity index is 2.53. The highest BCUT2D eigenvalue weighted by Crippen LogP contribution is 2.13. The summed E-state index contributed by atoms with van der Waals surface area (Å²) in [5.74, 6) is 0.536. The van der Waals surface area contributed by atoms with E-state index in [-0.39, 0.29) is 25.6 Å². The SMILES string of the molecule is CC(=CC(=O)N(C)C)CN(CCOc1ccc(I)cc1)C(=O)O. The molecule has 1 N–H and O–H groups in total. The van der Waals surface area contributed by atoms with Crippen LogP contribution in [0.25, 0.3) is 0 Å². The van der Waals surface area contributed by atoms with E-state index in [1.54, 1.807) is 21.0 Å². The Kier molecular flexibility index (Phi) is 7.87. The number of amides is 2. The van der Waals surface area contributed by atoms with Crippen LogP contribution in [0.2, 0.25) is 0 Å². The molecule has 0 saturated carbocycles. The molecule has 1 rings (SSSR count). The van der Waals surface area contributed by atoms with Gasteiger partial charge in [-0.25, -0.2) is 4.79 Å². The number of nitrogens with zero attached hydrogens (tertiary/aromatic N) is 2. The van der Waals surface area contributed by atoms with E-state index in [1.165, 1.54) is 15.9 Å². The molecule has 7 heteroatoms. The molecule has 0 unspecified atom stereocenters. The zero-order chi connectivity index (χ0) is 17.4. The normalized spacial score (nSPS) is 11.0. The van der Waals surface area contributed by atoms with Crippen LogP contribution in [0.5, 0.6) is 5.75 Å². The summed E-state index contributed by atoms with van der Waals surface area (Å²) in [6.07, 6.45) is 0.400. The minimum Gasteiger partial charge on any atom is -0.492 e. The lowest BCUT2D eigenvalue weighted by Gasteiger charge is -2.20. The number of rotatable bonds is 7. The van der Waals surface area contributed by atoms with Gasteiger partial charge in [0.15, 0.2) is 0 Å². The standard InChI is InChI=1S/C16H21IN2O4/c1-12(10-15(20)18(2)3)11-19(16(21)22)8-9-23-14-6-4-13(17)5-7-14/h4-7,10H,8-9,11H2,1-3H3,(H,21,22). The van der Waals surface area contributed by atoms with Crippen LogP contribution in [-0.2, 0) is 4.79 Å². The molecule has 0 aromatic heterocycles. The van der Waals surface area contributed by atoms with Crippen LogP contribution in [-0.4, -0.2) is 60.7 Å². The molecule has 1 aromatic rings. The van der Waals surface area contributed by atoms with Gasteiger partial charge in [0.05, 0.1) is 6.54 Å². The summed E-state index contributed by atoms with van der Waals surface area (Å²) >= 11 is 2.20. The lowest BCUT2D eigenvalue weighted by Crippen LogP contribution is -2.35. The largest absolute Gasteiger partial charge is 0.492 e. The summed E-state index contributed by atoms with van der Waals surface area (Å²) in [6, 6.07) is 7.52. The van der Waals surface area contributed by atoms with Gasteiger partial charge in [0.1, 0.15) is 12.4 Å². The molecule has 0 atom stereocenters. The molecule has 0 saturated heterocycles. The fraction of sp³-hybridized carbons (Fsp3) is 0.375. The lowest BCUT2D eigenvalue weighted by atomic mass is 10.2. The Labute approximate surface area is 149 Å². The smallest absolute Gasteiger partial charge is 0.407 e. The maximum absolute atomic E-state index is 11.6. The molecular weight excluding hydrogens is 411 g/mol. The first-order chi connectivity index (χ1) is 10.8. The molecule has 2 amide bonds. The fourth-order valence-corrected chi connectivity index (χ4v) is 2.09. The van der Waals surface area contributed by atoms with Crippen LogP contribution >= 0.6 is 22.6 Å².